The van der Waals surface area contributed by atoms with Crippen LogP contribution in [0.15, 0.2) is 36.4 Å². The van der Waals surface area contributed by atoms with Crippen LogP contribution < -0.4 is 10.6 Å². The van der Waals surface area contributed by atoms with E-state index >= 15 is 0 Å². The molecule has 0 spiro atoms. The van der Waals surface area contributed by atoms with E-state index in [2.05, 4.69) is 5.32 Å². The number of halogens is 3. The summed E-state index contributed by atoms with van der Waals surface area (Å²) < 4.78 is 0. The van der Waals surface area contributed by atoms with Crippen LogP contribution in [0.2, 0.25) is 15.1 Å². The zero-order valence-corrected chi connectivity index (χ0v) is 15.1. The van der Waals surface area contributed by atoms with E-state index < -0.39 is 0 Å². The summed E-state index contributed by atoms with van der Waals surface area (Å²) in [4.78, 5) is 12.2. The van der Waals surface area contributed by atoms with E-state index in [9.17, 15) is 4.79 Å². The van der Waals surface area contributed by atoms with Crippen molar-refractivity contribution in [3.8, 4) is 0 Å². The predicted octanol–water partition coefficient (Wildman–Crippen LogP) is 4.22. The number of aryl methyl sites for hydroxylation is 1. The van der Waals surface area contributed by atoms with Gasteiger partial charge in [-0.2, -0.15) is 0 Å². The number of rotatable bonds is 5. The summed E-state index contributed by atoms with van der Waals surface area (Å²) in [6.45, 7) is 4.11. The minimum absolute atomic E-state index is 0.0675. The number of nitrogens with one attached hydrogen (secondary N) is 1. The van der Waals surface area contributed by atoms with Crippen LogP contribution >= 0.6 is 34.8 Å². The highest BCUT2D eigenvalue weighted by atomic mass is 35.5. The number of benzene rings is 2. The third kappa shape index (κ3) is 4.61. The average molecular weight is 373 g/mol. The quantitative estimate of drug-likeness (QED) is 0.811. The summed E-state index contributed by atoms with van der Waals surface area (Å²) >= 11 is 18.5. The fourth-order valence-electron chi connectivity index (χ4n) is 2.22. The maximum atomic E-state index is 12.2. The minimum Gasteiger partial charge on any atom is -0.332 e. The Labute approximate surface area is 150 Å². The summed E-state index contributed by atoms with van der Waals surface area (Å²) in [5, 5.41) is 6.27. The second kappa shape index (κ2) is 8.02. The smallest absolute Gasteiger partial charge is 0.279 e. The molecular weight excluding hydrogens is 355 g/mol. The van der Waals surface area contributed by atoms with Gasteiger partial charge in [-0.1, -0.05) is 59.1 Å². The lowest BCUT2D eigenvalue weighted by atomic mass is 10.1. The van der Waals surface area contributed by atoms with Gasteiger partial charge >= 0.3 is 0 Å². The molecule has 0 radical (unpaired) electrons. The molecule has 2 rings (SSSR count). The Hall–Kier alpha value is -1.26. The summed E-state index contributed by atoms with van der Waals surface area (Å²) in [5.74, 6) is -0.168. The van der Waals surface area contributed by atoms with E-state index in [1.165, 1.54) is 0 Å². The average Bonchev–Trinajstić information content (AvgIpc) is 2.53. The van der Waals surface area contributed by atoms with Crippen LogP contribution in [0.4, 0.5) is 5.69 Å². The Morgan fingerprint density at radius 1 is 1.13 bits per heavy atom. The second-order valence-corrected chi connectivity index (χ2v) is 6.54. The number of hydrogen-bond acceptors (Lipinski definition) is 1. The molecule has 0 aromatic heterocycles. The first-order chi connectivity index (χ1) is 10.9. The molecule has 2 aromatic rings. The molecule has 0 saturated carbocycles. The maximum absolute atomic E-state index is 12.2. The molecule has 0 aliphatic heterocycles. The van der Waals surface area contributed by atoms with Gasteiger partial charge in [0.25, 0.3) is 5.91 Å². The van der Waals surface area contributed by atoms with Gasteiger partial charge in [0.05, 0.1) is 15.7 Å². The topological polar surface area (TPSA) is 45.7 Å². The standard InChI is InChI=1S/C17H17Cl3N2O/c1-10-7-8-14(19)17(16(10)20)22-15(23)9-21-11(2)12-5-3-4-6-13(12)18/h3-8,11,21H,9H2,1-2H3,(H,22,23)/p+1/t11-/m1/s1. The molecule has 3 N–H and O–H groups in total. The van der Waals surface area contributed by atoms with Crippen molar-refractivity contribution in [3.63, 3.8) is 0 Å². The number of anilines is 1. The summed E-state index contributed by atoms with van der Waals surface area (Å²) in [5.41, 5.74) is 2.31. The van der Waals surface area contributed by atoms with E-state index in [-0.39, 0.29) is 18.5 Å². The summed E-state index contributed by atoms with van der Waals surface area (Å²) in [6, 6.07) is 11.2. The lowest BCUT2D eigenvalue weighted by Gasteiger charge is -2.14. The molecule has 0 heterocycles. The molecule has 0 saturated heterocycles. The summed E-state index contributed by atoms with van der Waals surface area (Å²) in [7, 11) is 0. The number of nitrogens with two attached hydrogens (primary N) is 1. The van der Waals surface area contributed by atoms with Crippen LogP contribution in [-0.2, 0) is 4.79 Å². The molecule has 2 aromatic carbocycles. The zero-order chi connectivity index (χ0) is 17.0. The van der Waals surface area contributed by atoms with Gasteiger partial charge in [-0.3, -0.25) is 4.79 Å². The van der Waals surface area contributed by atoms with Gasteiger partial charge in [0, 0.05) is 10.6 Å². The Morgan fingerprint density at radius 2 is 1.83 bits per heavy atom. The highest BCUT2D eigenvalue weighted by Gasteiger charge is 2.16. The van der Waals surface area contributed by atoms with Gasteiger partial charge < -0.3 is 10.6 Å². The van der Waals surface area contributed by atoms with E-state index in [4.69, 9.17) is 34.8 Å². The fraction of sp³-hybridized carbons (Fsp3) is 0.235. The molecule has 23 heavy (non-hydrogen) atoms. The highest BCUT2D eigenvalue weighted by Crippen LogP contribution is 2.32. The first-order valence-corrected chi connectivity index (χ1v) is 8.35. The van der Waals surface area contributed by atoms with Crippen LogP contribution in [0.5, 0.6) is 0 Å². The molecule has 0 bridgehead atoms. The molecule has 0 aliphatic rings. The first kappa shape index (κ1) is 18.1. The Balaban J connectivity index is 1.99. The Morgan fingerprint density at radius 3 is 2.52 bits per heavy atom. The normalized spacial score (nSPS) is 12.0. The van der Waals surface area contributed by atoms with Crippen LogP contribution in [0, 0.1) is 6.92 Å². The van der Waals surface area contributed by atoms with Crippen LogP contribution in [0.1, 0.15) is 24.1 Å². The van der Waals surface area contributed by atoms with Crippen molar-refractivity contribution >= 4 is 46.4 Å². The highest BCUT2D eigenvalue weighted by molar-refractivity contribution is 6.40. The SMILES string of the molecule is Cc1ccc(Cl)c(NC(=O)C[NH2+][C@H](C)c2ccccc2Cl)c1Cl. The molecule has 122 valence electrons. The number of carbonyl (C=O) groups excluding carboxylic acids is 1. The van der Waals surface area contributed by atoms with Crippen molar-refractivity contribution in [2.24, 2.45) is 0 Å². The minimum atomic E-state index is -0.168. The molecule has 1 amide bonds. The number of hydrogen-bond donors (Lipinski definition) is 2. The van der Waals surface area contributed by atoms with Gasteiger partial charge in [0.2, 0.25) is 0 Å². The molecule has 1 atom stereocenters. The molecule has 3 nitrogen and oxygen atoms in total. The monoisotopic (exact) mass is 371 g/mol. The van der Waals surface area contributed by atoms with Crippen molar-refractivity contribution in [1.29, 1.82) is 0 Å². The van der Waals surface area contributed by atoms with Crippen LogP contribution in [-0.4, -0.2) is 12.5 Å². The molecule has 6 heteroatoms. The van der Waals surface area contributed by atoms with E-state index in [0.29, 0.717) is 20.8 Å². The lowest BCUT2D eigenvalue weighted by molar-refractivity contribution is -0.682. The van der Waals surface area contributed by atoms with Gasteiger partial charge in [0.1, 0.15) is 6.04 Å². The second-order valence-electron chi connectivity index (χ2n) is 5.35. The van der Waals surface area contributed by atoms with Crippen molar-refractivity contribution in [2.75, 3.05) is 11.9 Å². The summed E-state index contributed by atoms with van der Waals surface area (Å²) in [6.07, 6.45) is 0. The third-order valence-corrected chi connectivity index (χ3v) is 4.75. The maximum Gasteiger partial charge on any atom is 0.279 e. The van der Waals surface area contributed by atoms with Gasteiger partial charge in [-0.05, 0) is 31.5 Å². The Kier molecular flexibility index (Phi) is 6.31. The molecule has 0 aliphatic carbocycles. The van der Waals surface area contributed by atoms with Crippen molar-refractivity contribution in [2.45, 2.75) is 19.9 Å². The molecule has 0 fully saturated rings. The Bertz CT molecular complexity index is 719. The number of carbonyl (C=O) groups is 1. The van der Waals surface area contributed by atoms with Gasteiger partial charge in [-0.25, -0.2) is 0 Å². The third-order valence-electron chi connectivity index (χ3n) is 3.60. The van der Waals surface area contributed by atoms with E-state index in [1.54, 1.807) is 6.07 Å². The lowest BCUT2D eigenvalue weighted by Crippen LogP contribution is -2.86. The van der Waals surface area contributed by atoms with Crippen molar-refractivity contribution < 1.29 is 10.1 Å². The molecule has 0 unspecified atom stereocenters. The zero-order valence-electron chi connectivity index (χ0n) is 12.9. The first-order valence-electron chi connectivity index (χ1n) is 7.22. The number of amides is 1. The predicted molar refractivity (Wildman–Crippen MR) is 96.5 cm³/mol. The van der Waals surface area contributed by atoms with Gasteiger partial charge in [0.15, 0.2) is 6.54 Å². The van der Waals surface area contributed by atoms with E-state index in [1.807, 2.05) is 49.5 Å². The van der Waals surface area contributed by atoms with Crippen LogP contribution in [0.25, 0.3) is 0 Å². The fourth-order valence-corrected chi connectivity index (χ4v) is 2.99. The van der Waals surface area contributed by atoms with E-state index in [0.717, 1.165) is 11.1 Å². The largest absolute Gasteiger partial charge is 0.332 e. The number of quaternary nitrogens is 1. The van der Waals surface area contributed by atoms with Crippen molar-refractivity contribution in [3.05, 3.63) is 62.6 Å². The van der Waals surface area contributed by atoms with Gasteiger partial charge in [-0.15, -0.1) is 0 Å². The van der Waals surface area contributed by atoms with Crippen molar-refractivity contribution in [1.82, 2.24) is 0 Å². The molecular formula is C17H18Cl3N2O+. The van der Waals surface area contributed by atoms with Crippen LogP contribution in [0.3, 0.4) is 0 Å².